The lowest BCUT2D eigenvalue weighted by Gasteiger charge is -2.32. The molecule has 3 atom stereocenters. The Hall–Kier alpha value is -2.28. The highest BCUT2D eigenvalue weighted by Gasteiger charge is 2.37. The summed E-state index contributed by atoms with van der Waals surface area (Å²) in [5.74, 6) is 1.06. The van der Waals surface area contributed by atoms with Crippen molar-refractivity contribution in [1.82, 2.24) is 5.32 Å². The number of hydrogen-bond donors (Lipinski definition) is 2. The first-order valence-electron chi connectivity index (χ1n) is 9.60. The standard InChI is InChI=1S/C20H29N3O4/c1-26-15-7-8-17(18(10-15)27-2)23-12-14(9-19(23)24)20(25)22-16-6-4-3-5-13(16)11-21/h7-8,10,13-14,16H,3-6,9,11-12,21H2,1-2H3,(H,22,25). The van der Waals surface area contributed by atoms with Crippen molar-refractivity contribution in [3.05, 3.63) is 18.2 Å². The Morgan fingerprint density at radius 1 is 1.26 bits per heavy atom. The van der Waals surface area contributed by atoms with Crippen molar-refractivity contribution in [2.75, 3.05) is 32.2 Å². The van der Waals surface area contributed by atoms with Crippen molar-refractivity contribution < 1.29 is 19.1 Å². The maximum absolute atomic E-state index is 12.8. The first-order chi connectivity index (χ1) is 13.1. The second kappa shape index (κ2) is 8.61. The summed E-state index contributed by atoms with van der Waals surface area (Å²) in [7, 11) is 3.13. The van der Waals surface area contributed by atoms with E-state index in [4.69, 9.17) is 15.2 Å². The topological polar surface area (TPSA) is 93.9 Å². The van der Waals surface area contributed by atoms with E-state index in [-0.39, 0.29) is 30.2 Å². The molecule has 1 aromatic rings. The summed E-state index contributed by atoms with van der Waals surface area (Å²) in [5, 5.41) is 3.15. The molecule has 0 spiro atoms. The Kier molecular flexibility index (Phi) is 6.21. The summed E-state index contributed by atoms with van der Waals surface area (Å²) in [4.78, 5) is 27.0. The van der Waals surface area contributed by atoms with Gasteiger partial charge in [0.25, 0.3) is 0 Å². The molecule has 0 bridgehead atoms. The largest absolute Gasteiger partial charge is 0.497 e. The van der Waals surface area contributed by atoms with Gasteiger partial charge in [-0.15, -0.1) is 0 Å². The van der Waals surface area contributed by atoms with Crippen molar-refractivity contribution in [1.29, 1.82) is 0 Å². The van der Waals surface area contributed by atoms with Gasteiger partial charge in [-0.1, -0.05) is 12.8 Å². The average molecular weight is 375 g/mol. The average Bonchev–Trinajstić information content (AvgIpc) is 3.09. The molecule has 27 heavy (non-hydrogen) atoms. The molecule has 0 radical (unpaired) electrons. The van der Waals surface area contributed by atoms with Gasteiger partial charge >= 0.3 is 0 Å². The molecule has 3 rings (SSSR count). The summed E-state index contributed by atoms with van der Waals surface area (Å²) in [6, 6.07) is 5.44. The van der Waals surface area contributed by atoms with Crippen molar-refractivity contribution in [3.8, 4) is 11.5 Å². The molecule has 1 heterocycles. The molecular formula is C20H29N3O4. The molecule has 2 aliphatic rings. The predicted octanol–water partition coefficient (Wildman–Crippen LogP) is 1.69. The number of rotatable bonds is 6. The van der Waals surface area contributed by atoms with E-state index >= 15 is 0 Å². The van der Waals surface area contributed by atoms with Gasteiger partial charge < -0.3 is 25.4 Å². The number of amides is 2. The molecule has 2 amide bonds. The SMILES string of the molecule is COc1ccc(N2CC(C(=O)NC3CCCCC3CN)CC2=O)c(OC)c1. The summed E-state index contributed by atoms with van der Waals surface area (Å²) in [6.07, 6.45) is 4.51. The molecule has 1 saturated heterocycles. The van der Waals surface area contributed by atoms with E-state index in [1.807, 2.05) is 0 Å². The second-order valence-corrected chi connectivity index (χ2v) is 7.34. The van der Waals surface area contributed by atoms with E-state index in [9.17, 15) is 9.59 Å². The minimum absolute atomic E-state index is 0.0521. The quantitative estimate of drug-likeness (QED) is 0.789. The van der Waals surface area contributed by atoms with Crippen molar-refractivity contribution >= 4 is 17.5 Å². The number of hydrogen-bond acceptors (Lipinski definition) is 5. The fourth-order valence-electron chi connectivity index (χ4n) is 4.10. The normalized spacial score (nSPS) is 25.4. The molecule has 0 aromatic heterocycles. The van der Waals surface area contributed by atoms with Gasteiger partial charge in [0.15, 0.2) is 0 Å². The van der Waals surface area contributed by atoms with Crippen LogP contribution in [0.15, 0.2) is 18.2 Å². The smallest absolute Gasteiger partial charge is 0.227 e. The third-order valence-corrected chi connectivity index (χ3v) is 5.71. The van der Waals surface area contributed by atoms with Gasteiger partial charge in [0.2, 0.25) is 11.8 Å². The number of benzene rings is 1. The number of ether oxygens (including phenoxy) is 2. The Morgan fingerprint density at radius 2 is 2.04 bits per heavy atom. The lowest BCUT2D eigenvalue weighted by atomic mass is 9.84. The number of nitrogens with two attached hydrogens (primary N) is 1. The zero-order valence-corrected chi connectivity index (χ0v) is 16.1. The van der Waals surface area contributed by atoms with Gasteiger partial charge in [-0.05, 0) is 37.4 Å². The highest BCUT2D eigenvalue weighted by atomic mass is 16.5. The molecule has 1 aliphatic carbocycles. The number of anilines is 1. The van der Waals surface area contributed by atoms with E-state index < -0.39 is 0 Å². The monoisotopic (exact) mass is 375 g/mol. The second-order valence-electron chi connectivity index (χ2n) is 7.34. The van der Waals surface area contributed by atoms with Crippen LogP contribution in [0, 0.1) is 11.8 Å². The predicted molar refractivity (Wildman–Crippen MR) is 103 cm³/mol. The number of carbonyl (C=O) groups is 2. The fraction of sp³-hybridized carbons (Fsp3) is 0.600. The Bertz CT molecular complexity index is 694. The van der Waals surface area contributed by atoms with Gasteiger partial charge in [-0.2, -0.15) is 0 Å². The molecule has 1 aliphatic heterocycles. The van der Waals surface area contributed by atoms with Crippen molar-refractivity contribution in [2.45, 2.75) is 38.1 Å². The first-order valence-corrected chi connectivity index (χ1v) is 9.60. The minimum Gasteiger partial charge on any atom is -0.497 e. The van der Waals surface area contributed by atoms with E-state index in [1.54, 1.807) is 37.3 Å². The summed E-state index contributed by atoms with van der Waals surface area (Å²) < 4.78 is 10.6. The Morgan fingerprint density at radius 3 is 2.74 bits per heavy atom. The molecule has 3 N–H and O–H groups in total. The third-order valence-electron chi connectivity index (χ3n) is 5.71. The van der Waals surface area contributed by atoms with Gasteiger partial charge in [0.1, 0.15) is 11.5 Å². The van der Waals surface area contributed by atoms with Crippen molar-refractivity contribution in [3.63, 3.8) is 0 Å². The van der Waals surface area contributed by atoms with Crippen molar-refractivity contribution in [2.24, 2.45) is 17.6 Å². The lowest BCUT2D eigenvalue weighted by molar-refractivity contribution is -0.127. The van der Waals surface area contributed by atoms with E-state index in [1.165, 1.54) is 6.42 Å². The van der Waals surface area contributed by atoms with Crippen LogP contribution in [-0.2, 0) is 9.59 Å². The van der Waals surface area contributed by atoms with Crippen LogP contribution in [0.25, 0.3) is 0 Å². The van der Waals surface area contributed by atoms with Crippen LogP contribution in [0.4, 0.5) is 5.69 Å². The van der Waals surface area contributed by atoms with Crippen LogP contribution in [0.1, 0.15) is 32.1 Å². The molecule has 7 heteroatoms. The molecule has 2 fully saturated rings. The van der Waals surface area contributed by atoms with Crippen LogP contribution in [0.2, 0.25) is 0 Å². The van der Waals surface area contributed by atoms with Gasteiger partial charge in [-0.3, -0.25) is 9.59 Å². The van der Waals surface area contributed by atoms with Crippen LogP contribution >= 0.6 is 0 Å². The summed E-state index contributed by atoms with van der Waals surface area (Å²) in [6.45, 7) is 0.942. The minimum atomic E-state index is -0.357. The van der Waals surface area contributed by atoms with Crippen LogP contribution in [-0.4, -0.2) is 45.2 Å². The molecule has 7 nitrogen and oxygen atoms in total. The van der Waals surface area contributed by atoms with E-state index in [2.05, 4.69) is 5.32 Å². The number of carbonyl (C=O) groups excluding carboxylic acids is 2. The first kappa shape index (κ1) is 19.5. The maximum Gasteiger partial charge on any atom is 0.227 e. The zero-order valence-electron chi connectivity index (χ0n) is 16.1. The van der Waals surface area contributed by atoms with Gasteiger partial charge in [0.05, 0.1) is 25.8 Å². The van der Waals surface area contributed by atoms with Crippen LogP contribution < -0.4 is 25.4 Å². The van der Waals surface area contributed by atoms with E-state index in [0.717, 1.165) is 19.3 Å². The highest BCUT2D eigenvalue weighted by molar-refractivity contribution is 6.01. The molecular weight excluding hydrogens is 346 g/mol. The molecule has 1 saturated carbocycles. The molecule has 1 aromatic carbocycles. The van der Waals surface area contributed by atoms with Crippen LogP contribution in [0.3, 0.4) is 0 Å². The molecule has 3 unspecified atom stereocenters. The van der Waals surface area contributed by atoms with E-state index in [0.29, 0.717) is 36.2 Å². The molecule has 148 valence electrons. The summed E-state index contributed by atoms with van der Waals surface area (Å²) >= 11 is 0. The van der Waals surface area contributed by atoms with Crippen LogP contribution in [0.5, 0.6) is 11.5 Å². The lowest BCUT2D eigenvalue weighted by Crippen LogP contribution is -2.47. The maximum atomic E-state index is 12.8. The third kappa shape index (κ3) is 4.18. The number of methoxy groups -OCH3 is 2. The van der Waals surface area contributed by atoms with Gasteiger partial charge in [-0.25, -0.2) is 0 Å². The number of nitrogens with one attached hydrogen (secondary N) is 1. The fourth-order valence-corrected chi connectivity index (χ4v) is 4.10. The number of nitrogens with zero attached hydrogens (tertiary/aromatic N) is 1. The zero-order chi connectivity index (χ0) is 19.4. The highest BCUT2D eigenvalue weighted by Crippen LogP contribution is 2.36. The summed E-state index contributed by atoms with van der Waals surface area (Å²) in [5.41, 5.74) is 6.52. The van der Waals surface area contributed by atoms with Gasteiger partial charge in [0, 0.05) is 25.1 Å². The Balaban J connectivity index is 1.69. The Labute approximate surface area is 160 Å².